The van der Waals surface area contributed by atoms with Crippen LogP contribution in [0.15, 0.2) is 42.6 Å². The first-order valence-electron chi connectivity index (χ1n) is 5.97. The van der Waals surface area contributed by atoms with Gasteiger partial charge >= 0.3 is 6.36 Å². The Hall–Kier alpha value is -2.01. The fourth-order valence-corrected chi connectivity index (χ4v) is 1.80. The van der Waals surface area contributed by atoms with Crippen molar-refractivity contribution in [3.8, 4) is 5.75 Å². The second-order valence-corrected chi connectivity index (χ2v) is 4.44. The van der Waals surface area contributed by atoms with E-state index in [1.165, 1.54) is 24.3 Å². The van der Waals surface area contributed by atoms with Crippen LogP contribution in [0.1, 0.15) is 11.1 Å². The Morgan fingerprint density at radius 2 is 1.95 bits per heavy atom. The van der Waals surface area contributed by atoms with Gasteiger partial charge in [-0.1, -0.05) is 35.9 Å². The molecule has 0 bridgehead atoms. The lowest BCUT2D eigenvalue weighted by molar-refractivity contribution is -0.274. The molecule has 1 aromatic carbocycles. The average molecular weight is 313 g/mol. The van der Waals surface area contributed by atoms with Gasteiger partial charge in [-0.05, 0) is 36.2 Å². The summed E-state index contributed by atoms with van der Waals surface area (Å²) in [6.07, 6.45) is 1.01. The van der Waals surface area contributed by atoms with Crippen molar-refractivity contribution in [1.82, 2.24) is 4.98 Å². The van der Waals surface area contributed by atoms with Crippen LogP contribution >= 0.6 is 11.6 Å². The SMILES string of the molecule is FC(F)(F)Oc1ccc(C=CCc2[c]ccnc2Cl)cc1. The molecule has 1 heterocycles. The third-order valence-corrected chi connectivity index (χ3v) is 2.84. The quantitative estimate of drug-likeness (QED) is 0.764. The Balaban J connectivity index is 1.97. The maximum atomic E-state index is 12.0. The van der Waals surface area contributed by atoms with Gasteiger partial charge in [-0.25, -0.2) is 4.98 Å². The zero-order valence-electron chi connectivity index (χ0n) is 10.7. The number of alkyl halides is 3. The zero-order valence-corrected chi connectivity index (χ0v) is 11.4. The molecule has 2 aromatic rings. The Labute approximate surface area is 124 Å². The number of hydrogen-bond donors (Lipinski definition) is 0. The van der Waals surface area contributed by atoms with Crippen molar-refractivity contribution in [3.63, 3.8) is 0 Å². The van der Waals surface area contributed by atoms with Crippen molar-refractivity contribution >= 4 is 17.7 Å². The molecule has 2 nitrogen and oxygen atoms in total. The molecule has 0 fully saturated rings. The number of ether oxygens (including phenoxy) is 1. The third-order valence-electron chi connectivity index (χ3n) is 2.51. The lowest BCUT2D eigenvalue weighted by atomic mass is 10.1. The van der Waals surface area contributed by atoms with E-state index in [1.54, 1.807) is 18.3 Å². The second kappa shape index (κ2) is 6.63. The van der Waals surface area contributed by atoms with Gasteiger partial charge in [0, 0.05) is 11.8 Å². The van der Waals surface area contributed by atoms with E-state index in [4.69, 9.17) is 11.6 Å². The standard InChI is InChI=1S/C15H10ClF3NO/c16-14-12(5-2-10-20-14)4-1-3-11-6-8-13(9-7-11)21-15(17,18)19/h1-3,6-10H,4H2. The largest absolute Gasteiger partial charge is 0.573 e. The summed E-state index contributed by atoms with van der Waals surface area (Å²) in [4.78, 5) is 3.93. The maximum absolute atomic E-state index is 12.0. The summed E-state index contributed by atoms with van der Waals surface area (Å²) in [5.41, 5.74) is 1.51. The van der Waals surface area contributed by atoms with Crippen molar-refractivity contribution in [3.05, 3.63) is 65.0 Å². The number of aromatic nitrogens is 1. The van der Waals surface area contributed by atoms with Gasteiger partial charge in [0.25, 0.3) is 0 Å². The highest BCUT2D eigenvalue weighted by molar-refractivity contribution is 6.30. The topological polar surface area (TPSA) is 22.1 Å². The summed E-state index contributed by atoms with van der Waals surface area (Å²) in [6, 6.07) is 10.2. The first-order chi connectivity index (χ1) is 9.94. The van der Waals surface area contributed by atoms with Gasteiger partial charge in [-0.15, -0.1) is 13.2 Å². The Morgan fingerprint density at radius 1 is 1.24 bits per heavy atom. The van der Waals surface area contributed by atoms with Gasteiger partial charge in [0.2, 0.25) is 0 Å². The number of hydrogen-bond acceptors (Lipinski definition) is 2. The molecule has 0 aliphatic rings. The maximum Gasteiger partial charge on any atom is 0.573 e. The van der Waals surface area contributed by atoms with Crippen LogP contribution in [0.5, 0.6) is 5.75 Å². The van der Waals surface area contributed by atoms with Crippen LogP contribution in [0.25, 0.3) is 6.08 Å². The second-order valence-electron chi connectivity index (χ2n) is 4.08. The molecule has 109 valence electrons. The summed E-state index contributed by atoms with van der Waals surface area (Å²) in [6.45, 7) is 0. The van der Waals surface area contributed by atoms with Gasteiger partial charge in [0.05, 0.1) is 0 Å². The third kappa shape index (κ3) is 5.11. The van der Waals surface area contributed by atoms with E-state index in [2.05, 4.69) is 15.8 Å². The van der Waals surface area contributed by atoms with E-state index < -0.39 is 6.36 Å². The van der Waals surface area contributed by atoms with Crippen LogP contribution in [-0.4, -0.2) is 11.3 Å². The number of benzene rings is 1. The molecule has 6 heteroatoms. The lowest BCUT2D eigenvalue weighted by Crippen LogP contribution is -2.16. The van der Waals surface area contributed by atoms with E-state index in [-0.39, 0.29) is 5.75 Å². The molecule has 0 aliphatic heterocycles. The molecule has 0 amide bonds. The molecule has 0 saturated carbocycles. The predicted octanol–water partition coefficient (Wildman–Crippen LogP) is 4.69. The minimum atomic E-state index is -4.68. The molecule has 1 aromatic heterocycles. The van der Waals surface area contributed by atoms with Crippen LogP contribution < -0.4 is 4.74 Å². The van der Waals surface area contributed by atoms with Gasteiger partial charge in [0.1, 0.15) is 10.9 Å². The zero-order chi connectivity index (χ0) is 15.3. The summed E-state index contributed by atoms with van der Waals surface area (Å²) in [5.74, 6) is -0.247. The van der Waals surface area contributed by atoms with Crippen molar-refractivity contribution in [2.75, 3.05) is 0 Å². The molecule has 21 heavy (non-hydrogen) atoms. The monoisotopic (exact) mass is 312 g/mol. The van der Waals surface area contributed by atoms with Crippen LogP contribution in [0.3, 0.4) is 0 Å². The highest BCUT2D eigenvalue weighted by Crippen LogP contribution is 2.23. The molecule has 0 saturated heterocycles. The van der Waals surface area contributed by atoms with Crippen molar-refractivity contribution < 1.29 is 17.9 Å². The van der Waals surface area contributed by atoms with Gasteiger partial charge in [0.15, 0.2) is 0 Å². The number of allylic oxidation sites excluding steroid dienone is 1. The van der Waals surface area contributed by atoms with Crippen LogP contribution in [0, 0.1) is 6.07 Å². The number of nitrogens with zero attached hydrogens (tertiary/aromatic N) is 1. The van der Waals surface area contributed by atoms with Crippen molar-refractivity contribution in [2.45, 2.75) is 12.8 Å². The molecule has 0 N–H and O–H groups in total. The van der Waals surface area contributed by atoms with Crippen LogP contribution in [0.4, 0.5) is 13.2 Å². The molecular weight excluding hydrogens is 303 g/mol. The molecule has 0 atom stereocenters. The first-order valence-corrected chi connectivity index (χ1v) is 6.35. The average Bonchev–Trinajstić information content (AvgIpc) is 2.41. The molecule has 0 unspecified atom stereocenters. The molecule has 2 rings (SSSR count). The van der Waals surface area contributed by atoms with Crippen molar-refractivity contribution in [1.29, 1.82) is 0 Å². The van der Waals surface area contributed by atoms with E-state index >= 15 is 0 Å². The number of halogens is 4. The van der Waals surface area contributed by atoms with Gasteiger partial charge < -0.3 is 4.74 Å². The summed E-state index contributed by atoms with van der Waals surface area (Å²) in [7, 11) is 0. The summed E-state index contributed by atoms with van der Waals surface area (Å²) >= 11 is 5.89. The van der Waals surface area contributed by atoms with Crippen LogP contribution in [-0.2, 0) is 6.42 Å². The smallest absolute Gasteiger partial charge is 0.406 e. The fourth-order valence-electron chi connectivity index (χ4n) is 1.61. The van der Waals surface area contributed by atoms with Crippen LogP contribution in [0.2, 0.25) is 5.15 Å². The van der Waals surface area contributed by atoms with E-state index in [1.807, 2.05) is 6.08 Å². The Kier molecular flexibility index (Phi) is 4.85. The molecular formula is C15H10ClF3NO. The number of rotatable bonds is 4. The van der Waals surface area contributed by atoms with E-state index in [0.29, 0.717) is 11.6 Å². The van der Waals surface area contributed by atoms with Crippen molar-refractivity contribution in [2.24, 2.45) is 0 Å². The summed E-state index contributed by atoms with van der Waals surface area (Å²) in [5, 5.41) is 0.385. The van der Waals surface area contributed by atoms with E-state index in [0.717, 1.165) is 11.1 Å². The highest BCUT2D eigenvalue weighted by atomic mass is 35.5. The van der Waals surface area contributed by atoms with Gasteiger partial charge in [-0.2, -0.15) is 0 Å². The highest BCUT2D eigenvalue weighted by Gasteiger charge is 2.30. The first kappa shape index (κ1) is 15.4. The minimum Gasteiger partial charge on any atom is -0.406 e. The summed E-state index contributed by atoms with van der Waals surface area (Å²) < 4.78 is 39.8. The predicted molar refractivity (Wildman–Crippen MR) is 73.9 cm³/mol. The number of pyridine rings is 1. The Morgan fingerprint density at radius 3 is 2.57 bits per heavy atom. The minimum absolute atomic E-state index is 0.247. The molecule has 1 radical (unpaired) electrons. The molecule has 0 spiro atoms. The normalized spacial score (nSPS) is 11.8. The Bertz CT molecular complexity index is 624. The fraction of sp³-hybridized carbons (Fsp3) is 0.133. The molecule has 0 aliphatic carbocycles. The van der Waals surface area contributed by atoms with E-state index in [9.17, 15) is 13.2 Å². The van der Waals surface area contributed by atoms with Gasteiger partial charge in [-0.3, -0.25) is 0 Å². The lowest BCUT2D eigenvalue weighted by Gasteiger charge is -2.08.